The second kappa shape index (κ2) is 8.83. The van der Waals surface area contributed by atoms with Crippen molar-refractivity contribution >= 4 is 23.1 Å². The Bertz CT molecular complexity index is 1060. The number of hydrogen-bond acceptors (Lipinski definition) is 3. The van der Waals surface area contributed by atoms with Gasteiger partial charge in [-0.25, -0.2) is 26.3 Å². The summed E-state index contributed by atoms with van der Waals surface area (Å²) in [6.07, 6.45) is 0. The molecule has 0 bridgehead atoms. The summed E-state index contributed by atoms with van der Waals surface area (Å²) in [6.45, 7) is -2.20. The van der Waals surface area contributed by atoms with Crippen LogP contribution in [0, 0.1) is 34.9 Å². The van der Waals surface area contributed by atoms with Crippen LogP contribution >= 0.6 is 0 Å². The summed E-state index contributed by atoms with van der Waals surface area (Å²) < 4.78 is 104. The smallest absolute Gasteiger partial charge is 0.264 e. The maximum atomic E-state index is 15.1. The van der Waals surface area contributed by atoms with E-state index in [1.54, 1.807) is 0 Å². The first-order valence-corrected chi connectivity index (χ1v) is 8.81. The van der Waals surface area contributed by atoms with Crippen molar-refractivity contribution < 1.29 is 40.6 Å². The molecule has 0 N–H and O–H groups in total. The van der Waals surface area contributed by atoms with Crippen molar-refractivity contribution in [2.24, 2.45) is 0 Å². The molecule has 3 aromatic rings. The Hall–Kier alpha value is -3.30. The molecule has 0 fully saturated rings. The van der Waals surface area contributed by atoms with E-state index in [4.69, 9.17) is 14.2 Å². The van der Waals surface area contributed by atoms with Crippen molar-refractivity contribution in [3.63, 3.8) is 0 Å². The van der Waals surface area contributed by atoms with Crippen LogP contribution < -0.4 is 30.6 Å². The van der Waals surface area contributed by atoms with Crippen molar-refractivity contribution in [2.45, 2.75) is 0 Å². The Kier molecular flexibility index (Phi) is 6.38. The fourth-order valence-corrected chi connectivity index (χ4v) is 3.33. The molecule has 0 amide bonds. The van der Waals surface area contributed by atoms with Gasteiger partial charge in [0.05, 0.1) is 21.3 Å². The van der Waals surface area contributed by atoms with Gasteiger partial charge in [-0.2, -0.15) is 0 Å². The number of rotatable bonds is 6. The van der Waals surface area contributed by atoms with Gasteiger partial charge in [-0.1, -0.05) is 0 Å². The van der Waals surface area contributed by atoms with E-state index in [-0.39, 0.29) is 5.75 Å². The van der Waals surface area contributed by atoms with Crippen LogP contribution in [0.2, 0.25) is 0 Å². The lowest BCUT2D eigenvalue weighted by atomic mass is 9.36. The van der Waals surface area contributed by atoms with Gasteiger partial charge in [0.25, 0.3) is 6.71 Å². The molecule has 0 saturated heterocycles. The zero-order valence-electron chi connectivity index (χ0n) is 16.5. The summed E-state index contributed by atoms with van der Waals surface area (Å²) >= 11 is 0. The van der Waals surface area contributed by atoms with Crippen LogP contribution in [0.1, 0.15) is 0 Å². The van der Waals surface area contributed by atoms with Gasteiger partial charge in [0, 0.05) is 28.5 Å². The monoisotopic (exact) mass is 440 g/mol. The molecular weight excluding hydrogens is 425 g/mol. The van der Waals surface area contributed by atoms with Crippen LogP contribution in [-0.2, 0) is 0 Å². The maximum Gasteiger partial charge on any atom is 0.264 e. The lowest BCUT2D eigenvalue weighted by Gasteiger charge is -2.21. The van der Waals surface area contributed by atoms with Crippen molar-refractivity contribution in [3.8, 4) is 17.2 Å². The molecular formula is C21H15BF6O3. The molecule has 0 spiro atoms. The fraction of sp³-hybridized carbons (Fsp3) is 0.143. The largest absolute Gasteiger partial charge is 0.497 e. The molecule has 0 aliphatic rings. The molecule has 0 aliphatic heterocycles. The van der Waals surface area contributed by atoms with Gasteiger partial charge >= 0.3 is 0 Å². The van der Waals surface area contributed by atoms with Crippen LogP contribution in [0.25, 0.3) is 0 Å². The second-order valence-electron chi connectivity index (χ2n) is 6.39. The van der Waals surface area contributed by atoms with E-state index in [0.29, 0.717) is 0 Å². The summed E-state index contributed by atoms with van der Waals surface area (Å²) in [7, 11) is 3.31. The fourth-order valence-electron chi connectivity index (χ4n) is 3.33. The average molecular weight is 440 g/mol. The predicted octanol–water partition coefficient (Wildman–Crippen LogP) is 3.06. The van der Waals surface area contributed by atoms with Crippen LogP contribution in [-0.4, -0.2) is 28.0 Å². The Balaban J connectivity index is 2.48. The normalized spacial score (nSPS) is 10.7. The van der Waals surface area contributed by atoms with E-state index in [2.05, 4.69) is 0 Å². The Labute approximate surface area is 174 Å². The predicted molar refractivity (Wildman–Crippen MR) is 103 cm³/mol. The molecule has 0 aromatic heterocycles. The molecule has 0 radical (unpaired) electrons. The van der Waals surface area contributed by atoms with Crippen molar-refractivity contribution in [1.29, 1.82) is 0 Å². The first kappa shape index (κ1) is 22.4. The van der Waals surface area contributed by atoms with E-state index in [0.717, 1.165) is 57.7 Å². The molecule has 0 unspecified atom stereocenters. The van der Waals surface area contributed by atoms with E-state index in [1.165, 1.54) is 0 Å². The van der Waals surface area contributed by atoms with Crippen LogP contribution in [0.3, 0.4) is 0 Å². The number of halogens is 6. The number of ether oxygens (including phenoxy) is 3. The van der Waals surface area contributed by atoms with Crippen molar-refractivity contribution in [2.75, 3.05) is 21.3 Å². The summed E-state index contributed by atoms with van der Waals surface area (Å²) in [5.74, 6) is -9.20. The minimum absolute atomic E-state index is 0.240. The highest BCUT2D eigenvalue weighted by Crippen LogP contribution is 2.22. The SMILES string of the molecule is COc1cc(F)c(B(c2c(F)ccc(OC)c2F)c2c(F)ccc(OC)c2F)c(F)c1. The van der Waals surface area contributed by atoms with E-state index >= 15 is 8.78 Å². The van der Waals surface area contributed by atoms with E-state index in [1.807, 2.05) is 0 Å². The highest BCUT2D eigenvalue weighted by Gasteiger charge is 2.39. The Morgan fingerprint density at radius 1 is 0.548 bits per heavy atom. The van der Waals surface area contributed by atoms with Crippen molar-refractivity contribution in [3.05, 3.63) is 71.3 Å². The van der Waals surface area contributed by atoms with Gasteiger partial charge in [-0.15, -0.1) is 0 Å². The summed E-state index contributed by atoms with van der Waals surface area (Å²) in [5, 5.41) is 0. The molecule has 0 heterocycles. The molecule has 0 saturated carbocycles. The van der Waals surface area contributed by atoms with Gasteiger partial charge in [0.1, 0.15) is 29.0 Å². The third-order valence-electron chi connectivity index (χ3n) is 4.78. The quantitative estimate of drug-likeness (QED) is 0.436. The van der Waals surface area contributed by atoms with Gasteiger partial charge in [0.15, 0.2) is 23.1 Å². The minimum Gasteiger partial charge on any atom is -0.497 e. The summed E-state index contributed by atoms with van der Waals surface area (Å²) in [4.78, 5) is 0. The Morgan fingerprint density at radius 3 is 1.32 bits per heavy atom. The summed E-state index contributed by atoms with van der Waals surface area (Å²) in [5.41, 5.74) is -3.00. The number of hydrogen-bond donors (Lipinski definition) is 0. The third-order valence-corrected chi connectivity index (χ3v) is 4.78. The number of methoxy groups -OCH3 is 3. The maximum absolute atomic E-state index is 15.1. The molecule has 0 aliphatic carbocycles. The third kappa shape index (κ3) is 3.89. The molecule has 162 valence electrons. The lowest BCUT2D eigenvalue weighted by Crippen LogP contribution is -2.59. The second-order valence-corrected chi connectivity index (χ2v) is 6.39. The number of benzene rings is 3. The molecule has 10 heteroatoms. The standard InChI is InChI=1S/C21H15BF6O3/c1-29-10-8-13(25)17(14(26)9-10)22(18-11(23)4-6-15(30-2)20(18)27)19-12(24)5-7-16(31-3)21(19)28/h4-9H,1-3H3. The topological polar surface area (TPSA) is 27.7 Å². The lowest BCUT2D eigenvalue weighted by molar-refractivity contribution is 0.385. The first-order chi connectivity index (χ1) is 14.7. The molecule has 3 rings (SSSR count). The molecule has 3 nitrogen and oxygen atoms in total. The first-order valence-electron chi connectivity index (χ1n) is 8.81. The Morgan fingerprint density at radius 2 is 0.968 bits per heavy atom. The zero-order valence-corrected chi connectivity index (χ0v) is 16.5. The zero-order chi connectivity index (χ0) is 22.9. The van der Waals surface area contributed by atoms with Gasteiger partial charge in [-0.3, -0.25) is 0 Å². The molecule has 0 atom stereocenters. The highest BCUT2D eigenvalue weighted by molar-refractivity contribution is 6.95. The average Bonchev–Trinajstić information content (AvgIpc) is 2.73. The van der Waals surface area contributed by atoms with Crippen molar-refractivity contribution in [1.82, 2.24) is 0 Å². The van der Waals surface area contributed by atoms with E-state index in [9.17, 15) is 17.6 Å². The molecule has 3 aromatic carbocycles. The highest BCUT2D eigenvalue weighted by atomic mass is 19.2. The van der Waals surface area contributed by atoms with Gasteiger partial charge in [0.2, 0.25) is 0 Å². The van der Waals surface area contributed by atoms with E-state index < -0.39 is 69.5 Å². The molecule has 31 heavy (non-hydrogen) atoms. The van der Waals surface area contributed by atoms with Gasteiger partial charge < -0.3 is 14.2 Å². The minimum atomic E-state index is -2.20. The van der Waals surface area contributed by atoms with Crippen LogP contribution in [0.15, 0.2) is 36.4 Å². The summed E-state index contributed by atoms with van der Waals surface area (Å²) in [6, 6.07) is 4.86. The van der Waals surface area contributed by atoms with Crippen LogP contribution in [0.4, 0.5) is 26.3 Å². The van der Waals surface area contributed by atoms with Crippen LogP contribution in [0.5, 0.6) is 17.2 Å². The van der Waals surface area contributed by atoms with Gasteiger partial charge in [-0.05, 0) is 24.3 Å².